The highest BCUT2D eigenvalue weighted by molar-refractivity contribution is 7.10. The Hall–Kier alpha value is -2.25. The van der Waals surface area contributed by atoms with Crippen molar-refractivity contribution in [3.05, 3.63) is 57.5 Å². The van der Waals surface area contributed by atoms with Crippen LogP contribution in [-0.2, 0) is 16.0 Å². The standard InChI is InChI=1S/C28H38FN3O2S/c1-3-5-8-21(4-2)28(34)31-14-7-13-30(16-17-31)26(33)20-32-15-11-25-24(12-18-35-25)27(32)22-9-6-10-23(29)19-22/h6,9-10,12,18-19,21,27H,3-5,7-8,11,13-17,20H2,1-2H3/t21-,27-/m1/s1. The number of amides is 2. The van der Waals surface area contributed by atoms with Crippen LogP contribution in [0.3, 0.4) is 0 Å². The number of halogens is 1. The molecule has 0 N–H and O–H groups in total. The molecule has 0 saturated carbocycles. The van der Waals surface area contributed by atoms with Gasteiger partial charge in [-0.15, -0.1) is 11.3 Å². The average molecular weight is 500 g/mol. The highest BCUT2D eigenvalue weighted by Crippen LogP contribution is 2.37. The summed E-state index contributed by atoms with van der Waals surface area (Å²) in [6.07, 6.45) is 5.72. The minimum absolute atomic E-state index is 0.0948. The van der Waals surface area contributed by atoms with E-state index in [1.165, 1.54) is 16.5 Å². The van der Waals surface area contributed by atoms with Crippen LogP contribution >= 0.6 is 11.3 Å². The predicted octanol–water partition coefficient (Wildman–Crippen LogP) is 5.11. The molecule has 7 heteroatoms. The molecular weight excluding hydrogens is 461 g/mol. The van der Waals surface area contributed by atoms with Crippen LogP contribution in [0.15, 0.2) is 35.7 Å². The fourth-order valence-electron chi connectivity index (χ4n) is 5.48. The van der Waals surface area contributed by atoms with Gasteiger partial charge in [0.05, 0.1) is 12.6 Å². The van der Waals surface area contributed by atoms with E-state index in [0.29, 0.717) is 26.2 Å². The molecule has 4 rings (SSSR count). The van der Waals surface area contributed by atoms with Crippen LogP contribution in [0.2, 0.25) is 0 Å². The van der Waals surface area contributed by atoms with E-state index in [2.05, 4.69) is 30.2 Å². The second kappa shape index (κ2) is 12.1. The lowest BCUT2D eigenvalue weighted by atomic mass is 9.93. The summed E-state index contributed by atoms with van der Waals surface area (Å²) >= 11 is 1.74. The Morgan fingerprint density at radius 1 is 1.09 bits per heavy atom. The first-order valence-electron chi connectivity index (χ1n) is 13.1. The van der Waals surface area contributed by atoms with Gasteiger partial charge in [0.1, 0.15) is 5.82 Å². The fourth-order valence-corrected chi connectivity index (χ4v) is 6.38. The Bertz CT molecular complexity index is 1010. The zero-order valence-corrected chi connectivity index (χ0v) is 21.9. The van der Waals surface area contributed by atoms with Crippen molar-refractivity contribution in [2.45, 2.75) is 58.4 Å². The van der Waals surface area contributed by atoms with Gasteiger partial charge in [0.25, 0.3) is 0 Å². The Morgan fingerprint density at radius 3 is 2.66 bits per heavy atom. The molecular formula is C28H38FN3O2S. The number of nitrogens with zero attached hydrogens (tertiary/aromatic N) is 3. The number of fused-ring (bicyclic) bond motifs is 1. The molecule has 1 fully saturated rings. The third-order valence-electron chi connectivity index (χ3n) is 7.48. The largest absolute Gasteiger partial charge is 0.341 e. The van der Waals surface area contributed by atoms with Gasteiger partial charge in [0, 0.05) is 43.5 Å². The van der Waals surface area contributed by atoms with E-state index in [0.717, 1.165) is 57.2 Å². The minimum Gasteiger partial charge on any atom is -0.341 e. The number of hydrogen-bond donors (Lipinski definition) is 0. The Labute approximate surface area is 212 Å². The number of thiophene rings is 1. The molecule has 0 unspecified atom stereocenters. The Kier molecular flexibility index (Phi) is 8.95. The Balaban J connectivity index is 1.42. The topological polar surface area (TPSA) is 43.9 Å². The summed E-state index contributed by atoms with van der Waals surface area (Å²) in [6, 6.07) is 8.76. The van der Waals surface area contributed by atoms with E-state index in [-0.39, 0.29) is 29.6 Å². The first-order chi connectivity index (χ1) is 17.0. The van der Waals surface area contributed by atoms with Gasteiger partial charge in [0.15, 0.2) is 0 Å². The summed E-state index contributed by atoms with van der Waals surface area (Å²) < 4.78 is 14.1. The van der Waals surface area contributed by atoms with Gasteiger partial charge in [-0.3, -0.25) is 14.5 Å². The maximum atomic E-state index is 14.1. The summed E-state index contributed by atoms with van der Waals surface area (Å²) in [5.41, 5.74) is 2.08. The second-order valence-corrected chi connectivity index (χ2v) is 10.8. The van der Waals surface area contributed by atoms with Crippen molar-refractivity contribution < 1.29 is 14.0 Å². The van der Waals surface area contributed by atoms with Crippen LogP contribution in [0.5, 0.6) is 0 Å². The molecule has 2 aliphatic heterocycles. The molecule has 190 valence electrons. The average Bonchev–Trinajstić information content (AvgIpc) is 3.19. The zero-order chi connectivity index (χ0) is 24.8. The molecule has 2 atom stereocenters. The fraction of sp³-hybridized carbons (Fsp3) is 0.571. The minimum atomic E-state index is -0.252. The monoisotopic (exact) mass is 499 g/mol. The lowest BCUT2D eigenvalue weighted by Gasteiger charge is -2.37. The summed E-state index contributed by atoms with van der Waals surface area (Å²) in [7, 11) is 0. The maximum absolute atomic E-state index is 14.1. The van der Waals surface area contributed by atoms with Gasteiger partial charge in [-0.05, 0) is 60.4 Å². The van der Waals surface area contributed by atoms with E-state index in [1.54, 1.807) is 23.5 Å². The molecule has 2 amide bonds. The molecule has 0 radical (unpaired) electrons. The molecule has 0 spiro atoms. The number of hydrogen-bond acceptors (Lipinski definition) is 4. The SMILES string of the molecule is CCCC[C@@H](CC)C(=O)N1CCCN(C(=O)CN2CCc3sccc3[C@H]2c2cccc(F)c2)CC1. The molecule has 1 aromatic carbocycles. The molecule has 5 nitrogen and oxygen atoms in total. The molecule has 1 saturated heterocycles. The molecule has 3 heterocycles. The molecule has 0 bridgehead atoms. The third kappa shape index (κ3) is 6.12. The molecule has 0 aliphatic carbocycles. The van der Waals surface area contributed by atoms with Crippen LogP contribution in [0.25, 0.3) is 0 Å². The van der Waals surface area contributed by atoms with Gasteiger partial charge in [-0.2, -0.15) is 0 Å². The first kappa shape index (κ1) is 25.8. The number of benzene rings is 1. The van der Waals surface area contributed by atoms with Crippen LogP contribution in [0.4, 0.5) is 4.39 Å². The van der Waals surface area contributed by atoms with Crippen LogP contribution in [0.1, 0.15) is 68.0 Å². The number of rotatable bonds is 8. The van der Waals surface area contributed by atoms with Crippen LogP contribution in [-0.4, -0.2) is 65.8 Å². The van der Waals surface area contributed by atoms with E-state index in [1.807, 2.05) is 15.9 Å². The number of unbranched alkanes of at least 4 members (excludes halogenated alkanes) is 1. The lowest BCUT2D eigenvalue weighted by Crippen LogP contribution is -2.45. The predicted molar refractivity (Wildman–Crippen MR) is 139 cm³/mol. The van der Waals surface area contributed by atoms with Crippen molar-refractivity contribution in [2.24, 2.45) is 5.92 Å². The Morgan fingerprint density at radius 2 is 1.89 bits per heavy atom. The van der Waals surface area contributed by atoms with E-state index in [9.17, 15) is 14.0 Å². The summed E-state index contributed by atoms with van der Waals surface area (Å²) in [5.74, 6) is 0.190. The highest BCUT2D eigenvalue weighted by Gasteiger charge is 2.33. The normalized spacial score (nSPS) is 19.8. The van der Waals surface area contributed by atoms with Crippen LogP contribution in [0, 0.1) is 11.7 Å². The van der Waals surface area contributed by atoms with E-state index < -0.39 is 0 Å². The number of carbonyl (C=O) groups is 2. The molecule has 2 aromatic rings. The van der Waals surface area contributed by atoms with Crippen molar-refractivity contribution >= 4 is 23.2 Å². The highest BCUT2D eigenvalue weighted by atomic mass is 32.1. The quantitative estimate of drug-likeness (QED) is 0.507. The van der Waals surface area contributed by atoms with Crippen molar-refractivity contribution in [3.63, 3.8) is 0 Å². The molecule has 1 aromatic heterocycles. The summed E-state index contributed by atoms with van der Waals surface area (Å²) in [4.78, 5) is 33.9. The van der Waals surface area contributed by atoms with E-state index >= 15 is 0 Å². The maximum Gasteiger partial charge on any atom is 0.236 e. The van der Waals surface area contributed by atoms with Gasteiger partial charge in [0.2, 0.25) is 11.8 Å². The second-order valence-electron chi connectivity index (χ2n) is 9.78. The summed E-state index contributed by atoms with van der Waals surface area (Å²) in [6.45, 7) is 7.92. The third-order valence-corrected chi connectivity index (χ3v) is 8.47. The van der Waals surface area contributed by atoms with Crippen molar-refractivity contribution in [1.82, 2.24) is 14.7 Å². The van der Waals surface area contributed by atoms with Crippen molar-refractivity contribution in [2.75, 3.05) is 39.3 Å². The lowest BCUT2D eigenvalue weighted by molar-refractivity contribution is -0.137. The van der Waals surface area contributed by atoms with Gasteiger partial charge < -0.3 is 9.80 Å². The summed E-state index contributed by atoms with van der Waals surface area (Å²) in [5, 5.41) is 2.09. The number of carbonyl (C=O) groups excluding carboxylic acids is 2. The zero-order valence-electron chi connectivity index (χ0n) is 21.0. The van der Waals surface area contributed by atoms with Crippen LogP contribution < -0.4 is 0 Å². The van der Waals surface area contributed by atoms with Gasteiger partial charge >= 0.3 is 0 Å². The van der Waals surface area contributed by atoms with E-state index in [4.69, 9.17) is 0 Å². The molecule has 35 heavy (non-hydrogen) atoms. The van der Waals surface area contributed by atoms with Gasteiger partial charge in [-0.25, -0.2) is 4.39 Å². The van der Waals surface area contributed by atoms with Crippen molar-refractivity contribution in [3.8, 4) is 0 Å². The first-order valence-corrected chi connectivity index (χ1v) is 14.0. The van der Waals surface area contributed by atoms with Crippen molar-refractivity contribution in [1.29, 1.82) is 0 Å². The molecule has 2 aliphatic rings. The smallest absolute Gasteiger partial charge is 0.236 e. The van der Waals surface area contributed by atoms with Gasteiger partial charge in [-0.1, -0.05) is 38.8 Å².